The Morgan fingerprint density at radius 2 is 2.06 bits per heavy atom. The highest BCUT2D eigenvalue weighted by atomic mass is 16.4. The van der Waals surface area contributed by atoms with Gasteiger partial charge in [-0.25, -0.2) is 4.79 Å². The first kappa shape index (κ1) is 10.8. The van der Waals surface area contributed by atoms with Crippen LogP contribution in [0, 0.1) is 0 Å². The molecule has 0 bridgehead atoms. The summed E-state index contributed by atoms with van der Waals surface area (Å²) in [6, 6.07) is 3.43. The Balaban J connectivity index is 2.07. The molecule has 2 heterocycles. The average molecular weight is 222 g/mol. The molecule has 0 aliphatic carbocycles. The Bertz CT molecular complexity index is 371. The van der Waals surface area contributed by atoms with Gasteiger partial charge in [0.1, 0.15) is 0 Å². The van der Waals surface area contributed by atoms with Crippen molar-refractivity contribution in [1.82, 2.24) is 10.2 Å². The van der Waals surface area contributed by atoms with Crippen LogP contribution in [0.4, 0.5) is 5.82 Å². The van der Waals surface area contributed by atoms with Crippen LogP contribution in [-0.4, -0.2) is 40.4 Å². The highest BCUT2D eigenvalue weighted by Crippen LogP contribution is 2.16. The van der Waals surface area contributed by atoms with Crippen LogP contribution in [0.5, 0.6) is 0 Å². The molecule has 2 rings (SSSR count). The van der Waals surface area contributed by atoms with Gasteiger partial charge in [-0.05, 0) is 25.0 Å². The zero-order chi connectivity index (χ0) is 11.5. The van der Waals surface area contributed by atoms with E-state index in [1.54, 1.807) is 6.07 Å². The predicted octanol–water partition coefficient (Wildman–Crippen LogP) is 0.102. The number of aromatic nitrogens is 2. The summed E-state index contributed by atoms with van der Waals surface area (Å²) in [7, 11) is 0. The molecule has 0 spiro atoms. The quantitative estimate of drug-likeness (QED) is 0.737. The topological polar surface area (TPSA) is 92.3 Å². The van der Waals surface area contributed by atoms with Crippen LogP contribution in [0.15, 0.2) is 12.1 Å². The van der Waals surface area contributed by atoms with Crippen LogP contribution in [0.2, 0.25) is 0 Å². The third-order valence-corrected chi connectivity index (χ3v) is 2.73. The van der Waals surface area contributed by atoms with E-state index in [-0.39, 0.29) is 11.7 Å². The highest BCUT2D eigenvalue weighted by Gasteiger charge is 2.17. The number of carboxylic acid groups (broad SMARTS) is 1. The molecule has 86 valence electrons. The van der Waals surface area contributed by atoms with Crippen molar-refractivity contribution in [2.24, 2.45) is 5.73 Å². The molecule has 3 N–H and O–H groups in total. The number of anilines is 1. The predicted molar refractivity (Wildman–Crippen MR) is 58.4 cm³/mol. The van der Waals surface area contributed by atoms with Gasteiger partial charge in [0.15, 0.2) is 11.5 Å². The van der Waals surface area contributed by atoms with Crippen molar-refractivity contribution >= 4 is 11.8 Å². The number of hydrogen-bond acceptors (Lipinski definition) is 5. The Kier molecular flexibility index (Phi) is 3.00. The summed E-state index contributed by atoms with van der Waals surface area (Å²) in [6.07, 6.45) is 1.87. The first-order valence-corrected chi connectivity index (χ1v) is 5.24. The SMILES string of the molecule is NC1CCN(c2ccc(C(=O)O)nn2)CC1. The Morgan fingerprint density at radius 1 is 1.38 bits per heavy atom. The molecule has 0 saturated carbocycles. The van der Waals surface area contributed by atoms with Gasteiger partial charge >= 0.3 is 5.97 Å². The minimum Gasteiger partial charge on any atom is -0.476 e. The molecule has 6 nitrogen and oxygen atoms in total. The monoisotopic (exact) mass is 222 g/mol. The molecular formula is C10H14N4O2. The molecule has 0 atom stereocenters. The first-order valence-electron chi connectivity index (χ1n) is 5.24. The second-order valence-electron chi connectivity index (χ2n) is 3.91. The van der Waals surface area contributed by atoms with E-state index in [9.17, 15) is 4.79 Å². The summed E-state index contributed by atoms with van der Waals surface area (Å²) in [5.41, 5.74) is 5.77. The smallest absolute Gasteiger partial charge is 0.356 e. The van der Waals surface area contributed by atoms with Gasteiger partial charge in [-0.15, -0.1) is 10.2 Å². The number of piperidine rings is 1. The van der Waals surface area contributed by atoms with Gasteiger partial charge in [0.25, 0.3) is 0 Å². The van der Waals surface area contributed by atoms with E-state index < -0.39 is 5.97 Å². The molecule has 16 heavy (non-hydrogen) atoms. The molecule has 1 aromatic heterocycles. The standard InChI is InChI=1S/C10H14N4O2/c11-7-3-5-14(6-4-7)9-2-1-8(10(15)16)12-13-9/h1-2,7H,3-6,11H2,(H,15,16). The summed E-state index contributed by atoms with van der Waals surface area (Å²) < 4.78 is 0. The zero-order valence-electron chi connectivity index (χ0n) is 8.83. The summed E-state index contributed by atoms with van der Waals surface area (Å²) in [5.74, 6) is -0.336. The van der Waals surface area contributed by atoms with Gasteiger partial charge < -0.3 is 15.7 Å². The minimum absolute atomic E-state index is 0.0301. The first-order chi connectivity index (χ1) is 7.66. The van der Waals surface area contributed by atoms with Crippen molar-refractivity contribution in [2.45, 2.75) is 18.9 Å². The van der Waals surface area contributed by atoms with Crippen molar-refractivity contribution in [3.8, 4) is 0 Å². The Labute approximate surface area is 93.1 Å². The van der Waals surface area contributed by atoms with Gasteiger partial charge in [-0.2, -0.15) is 0 Å². The van der Waals surface area contributed by atoms with E-state index in [0.29, 0.717) is 0 Å². The molecule has 1 fully saturated rings. The molecule has 1 aliphatic heterocycles. The lowest BCUT2D eigenvalue weighted by molar-refractivity contribution is 0.0689. The van der Waals surface area contributed by atoms with Crippen molar-refractivity contribution in [3.63, 3.8) is 0 Å². The van der Waals surface area contributed by atoms with Crippen LogP contribution >= 0.6 is 0 Å². The molecular weight excluding hydrogens is 208 g/mol. The number of hydrogen-bond donors (Lipinski definition) is 2. The molecule has 1 saturated heterocycles. The normalized spacial score (nSPS) is 17.4. The van der Waals surface area contributed by atoms with E-state index in [1.165, 1.54) is 6.07 Å². The summed E-state index contributed by atoms with van der Waals surface area (Å²) in [5, 5.41) is 16.2. The van der Waals surface area contributed by atoms with Crippen molar-refractivity contribution in [2.75, 3.05) is 18.0 Å². The number of aromatic carboxylic acids is 1. The summed E-state index contributed by atoms with van der Waals surface area (Å²) in [6.45, 7) is 1.70. The van der Waals surface area contributed by atoms with Gasteiger partial charge in [0, 0.05) is 19.1 Å². The van der Waals surface area contributed by atoms with Crippen LogP contribution in [-0.2, 0) is 0 Å². The number of carbonyl (C=O) groups is 1. The third kappa shape index (κ3) is 2.27. The lowest BCUT2D eigenvalue weighted by Crippen LogP contribution is -2.40. The fourth-order valence-corrected chi connectivity index (χ4v) is 1.74. The van der Waals surface area contributed by atoms with Gasteiger partial charge in [0.2, 0.25) is 0 Å². The molecule has 0 radical (unpaired) electrons. The van der Waals surface area contributed by atoms with E-state index >= 15 is 0 Å². The third-order valence-electron chi connectivity index (χ3n) is 2.73. The van der Waals surface area contributed by atoms with Crippen molar-refractivity contribution in [1.29, 1.82) is 0 Å². The van der Waals surface area contributed by atoms with Crippen LogP contribution in [0.25, 0.3) is 0 Å². The van der Waals surface area contributed by atoms with Crippen LogP contribution in [0.1, 0.15) is 23.3 Å². The second-order valence-corrected chi connectivity index (χ2v) is 3.91. The minimum atomic E-state index is -1.06. The largest absolute Gasteiger partial charge is 0.476 e. The lowest BCUT2D eigenvalue weighted by atomic mass is 10.1. The van der Waals surface area contributed by atoms with E-state index in [0.717, 1.165) is 31.7 Å². The summed E-state index contributed by atoms with van der Waals surface area (Å²) >= 11 is 0. The van der Waals surface area contributed by atoms with Crippen LogP contribution < -0.4 is 10.6 Å². The molecule has 0 unspecified atom stereocenters. The fourth-order valence-electron chi connectivity index (χ4n) is 1.74. The molecule has 1 aromatic rings. The molecule has 6 heteroatoms. The van der Waals surface area contributed by atoms with Crippen molar-refractivity contribution < 1.29 is 9.90 Å². The van der Waals surface area contributed by atoms with E-state index in [2.05, 4.69) is 15.1 Å². The summed E-state index contributed by atoms with van der Waals surface area (Å²) in [4.78, 5) is 12.7. The van der Waals surface area contributed by atoms with Gasteiger partial charge in [-0.1, -0.05) is 0 Å². The average Bonchev–Trinajstić information content (AvgIpc) is 2.30. The maximum absolute atomic E-state index is 10.6. The lowest BCUT2D eigenvalue weighted by Gasteiger charge is -2.30. The molecule has 0 aromatic carbocycles. The van der Waals surface area contributed by atoms with Gasteiger partial charge in [-0.3, -0.25) is 0 Å². The molecule has 1 aliphatic rings. The maximum Gasteiger partial charge on any atom is 0.356 e. The Morgan fingerprint density at radius 3 is 2.56 bits per heavy atom. The fraction of sp³-hybridized carbons (Fsp3) is 0.500. The molecule has 0 amide bonds. The highest BCUT2D eigenvalue weighted by molar-refractivity contribution is 5.85. The number of nitrogens with two attached hydrogens (primary N) is 1. The number of rotatable bonds is 2. The second kappa shape index (κ2) is 4.44. The van der Waals surface area contributed by atoms with E-state index in [4.69, 9.17) is 10.8 Å². The van der Waals surface area contributed by atoms with Gasteiger partial charge in [0.05, 0.1) is 0 Å². The van der Waals surface area contributed by atoms with E-state index in [1.807, 2.05) is 0 Å². The number of carboxylic acids is 1. The van der Waals surface area contributed by atoms with Crippen molar-refractivity contribution in [3.05, 3.63) is 17.8 Å². The van der Waals surface area contributed by atoms with Crippen LogP contribution in [0.3, 0.4) is 0 Å². The zero-order valence-corrected chi connectivity index (χ0v) is 8.83. The Hall–Kier alpha value is -1.69. The maximum atomic E-state index is 10.6. The number of nitrogens with zero attached hydrogens (tertiary/aromatic N) is 3.